The molecule has 1 aromatic heterocycles. The van der Waals surface area contributed by atoms with E-state index in [1.54, 1.807) is 24.3 Å². The van der Waals surface area contributed by atoms with Gasteiger partial charge in [0.05, 0.1) is 30.3 Å². The molecule has 0 atom stereocenters. The van der Waals surface area contributed by atoms with E-state index in [1.165, 1.54) is 14.2 Å². The normalized spacial score (nSPS) is 10.3. The van der Waals surface area contributed by atoms with Gasteiger partial charge >= 0.3 is 5.97 Å². The van der Waals surface area contributed by atoms with E-state index in [4.69, 9.17) is 21.1 Å². The van der Waals surface area contributed by atoms with Crippen LogP contribution in [0.2, 0.25) is 5.02 Å². The van der Waals surface area contributed by atoms with E-state index in [0.717, 1.165) is 0 Å². The topological polar surface area (TPSA) is 48.4 Å². The maximum absolute atomic E-state index is 11.6. The summed E-state index contributed by atoms with van der Waals surface area (Å²) in [6.07, 6.45) is 0. The van der Waals surface area contributed by atoms with Crippen molar-refractivity contribution in [3.8, 4) is 5.88 Å². The summed E-state index contributed by atoms with van der Waals surface area (Å²) in [4.78, 5) is 15.8. The van der Waals surface area contributed by atoms with Gasteiger partial charge in [-0.3, -0.25) is 0 Å². The number of rotatable bonds is 2. The Kier molecular flexibility index (Phi) is 3.15. The molecule has 17 heavy (non-hydrogen) atoms. The van der Waals surface area contributed by atoms with Crippen molar-refractivity contribution in [1.82, 2.24) is 4.98 Å². The number of esters is 1. The monoisotopic (exact) mass is 251 g/mol. The van der Waals surface area contributed by atoms with Crippen molar-refractivity contribution in [3.05, 3.63) is 34.9 Å². The van der Waals surface area contributed by atoms with Gasteiger partial charge < -0.3 is 9.47 Å². The lowest BCUT2D eigenvalue weighted by atomic mass is 10.1. The van der Waals surface area contributed by atoms with Gasteiger partial charge in [0, 0.05) is 11.5 Å². The van der Waals surface area contributed by atoms with Crippen LogP contribution in [-0.4, -0.2) is 25.2 Å². The standard InChI is InChI=1S/C12H10ClNO3/c1-16-10-6-4-7-9(13)5-3-8(11(7)14-10)12(15)17-2/h3-6H,1-2H3. The highest BCUT2D eigenvalue weighted by Crippen LogP contribution is 2.27. The number of ether oxygens (including phenoxy) is 2. The van der Waals surface area contributed by atoms with E-state index in [1.807, 2.05) is 0 Å². The fourth-order valence-corrected chi connectivity index (χ4v) is 1.77. The molecule has 0 saturated carbocycles. The maximum Gasteiger partial charge on any atom is 0.340 e. The van der Waals surface area contributed by atoms with Crippen LogP contribution >= 0.6 is 11.6 Å². The van der Waals surface area contributed by atoms with E-state index in [0.29, 0.717) is 27.4 Å². The average molecular weight is 252 g/mol. The molecular weight excluding hydrogens is 242 g/mol. The SMILES string of the molecule is COC(=O)c1ccc(Cl)c2ccc(OC)nc12. The highest BCUT2D eigenvalue weighted by Gasteiger charge is 2.14. The zero-order valence-electron chi connectivity index (χ0n) is 9.36. The van der Waals surface area contributed by atoms with Crippen molar-refractivity contribution in [1.29, 1.82) is 0 Å². The summed E-state index contributed by atoms with van der Waals surface area (Å²) in [6.45, 7) is 0. The second-order valence-corrected chi connectivity index (χ2v) is 3.74. The third kappa shape index (κ3) is 2.03. The van der Waals surface area contributed by atoms with Crippen molar-refractivity contribution >= 4 is 28.5 Å². The average Bonchev–Trinajstić information content (AvgIpc) is 2.38. The van der Waals surface area contributed by atoms with Crippen LogP contribution in [0.15, 0.2) is 24.3 Å². The molecule has 88 valence electrons. The Labute approximate surface area is 103 Å². The summed E-state index contributed by atoms with van der Waals surface area (Å²) < 4.78 is 9.72. The molecule has 0 N–H and O–H groups in total. The van der Waals surface area contributed by atoms with Crippen LogP contribution in [0.25, 0.3) is 10.9 Å². The van der Waals surface area contributed by atoms with E-state index < -0.39 is 5.97 Å². The molecule has 0 radical (unpaired) electrons. The zero-order valence-corrected chi connectivity index (χ0v) is 10.1. The highest BCUT2D eigenvalue weighted by molar-refractivity contribution is 6.35. The van der Waals surface area contributed by atoms with E-state index in [-0.39, 0.29) is 0 Å². The fraction of sp³-hybridized carbons (Fsp3) is 0.167. The number of hydrogen-bond donors (Lipinski definition) is 0. The Morgan fingerprint density at radius 3 is 2.65 bits per heavy atom. The quantitative estimate of drug-likeness (QED) is 0.770. The first-order valence-electron chi connectivity index (χ1n) is 4.89. The maximum atomic E-state index is 11.6. The van der Waals surface area contributed by atoms with Gasteiger partial charge in [0.2, 0.25) is 5.88 Å². The number of halogens is 1. The van der Waals surface area contributed by atoms with Crippen molar-refractivity contribution < 1.29 is 14.3 Å². The van der Waals surface area contributed by atoms with E-state index >= 15 is 0 Å². The Hall–Kier alpha value is -1.81. The molecule has 0 fully saturated rings. The molecule has 2 rings (SSSR count). The van der Waals surface area contributed by atoms with Crippen molar-refractivity contribution in [2.75, 3.05) is 14.2 Å². The van der Waals surface area contributed by atoms with Crippen molar-refractivity contribution in [2.45, 2.75) is 0 Å². The summed E-state index contributed by atoms with van der Waals surface area (Å²) in [5.74, 6) is -0.0302. The molecule has 5 heteroatoms. The molecule has 1 heterocycles. The number of pyridine rings is 1. The molecule has 0 spiro atoms. The number of carbonyl (C=O) groups is 1. The molecule has 0 amide bonds. The molecule has 2 aromatic rings. The Bertz CT molecular complexity index is 583. The lowest BCUT2D eigenvalue weighted by Crippen LogP contribution is -2.03. The summed E-state index contributed by atoms with van der Waals surface area (Å²) in [5.41, 5.74) is 0.842. The predicted octanol–water partition coefficient (Wildman–Crippen LogP) is 2.68. The predicted molar refractivity (Wildman–Crippen MR) is 64.6 cm³/mol. The highest BCUT2D eigenvalue weighted by atomic mass is 35.5. The summed E-state index contributed by atoms with van der Waals surface area (Å²) in [5, 5.41) is 1.22. The molecule has 0 aliphatic rings. The number of methoxy groups -OCH3 is 2. The van der Waals surface area contributed by atoms with Gasteiger partial charge in [0.25, 0.3) is 0 Å². The number of fused-ring (bicyclic) bond motifs is 1. The largest absolute Gasteiger partial charge is 0.481 e. The van der Waals surface area contributed by atoms with Crippen molar-refractivity contribution in [3.63, 3.8) is 0 Å². The molecule has 0 aliphatic heterocycles. The second kappa shape index (κ2) is 4.59. The zero-order chi connectivity index (χ0) is 12.4. The van der Waals surface area contributed by atoms with Crippen LogP contribution in [0.5, 0.6) is 5.88 Å². The minimum absolute atomic E-state index is 0.366. The smallest absolute Gasteiger partial charge is 0.340 e. The van der Waals surface area contributed by atoms with Crippen LogP contribution in [0.3, 0.4) is 0 Å². The minimum atomic E-state index is -0.451. The number of carbonyl (C=O) groups excluding carboxylic acids is 1. The van der Waals surface area contributed by atoms with Gasteiger partial charge in [0.15, 0.2) is 0 Å². The fourth-order valence-electron chi connectivity index (χ4n) is 1.55. The van der Waals surface area contributed by atoms with Gasteiger partial charge in [-0.2, -0.15) is 0 Å². The molecule has 0 unspecified atom stereocenters. The minimum Gasteiger partial charge on any atom is -0.481 e. The molecular formula is C12H10ClNO3. The van der Waals surface area contributed by atoms with E-state index in [2.05, 4.69) is 4.98 Å². The number of aromatic nitrogens is 1. The van der Waals surface area contributed by atoms with Gasteiger partial charge in [-0.05, 0) is 18.2 Å². The third-order valence-electron chi connectivity index (χ3n) is 2.39. The third-order valence-corrected chi connectivity index (χ3v) is 2.72. The lowest BCUT2D eigenvalue weighted by molar-refractivity contribution is 0.0603. The van der Waals surface area contributed by atoms with Crippen LogP contribution in [0.4, 0.5) is 0 Å². The lowest BCUT2D eigenvalue weighted by Gasteiger charge is -2.07. The van der Waals surface area contributed by atoms with Crippen LogP contribution in [0.1, 0.15) is 10.4 Å². The molecule has 0 bridgehead atoms. The van der Waals surface area contributed by atoms with Gasteiger partial charge in [-0.1, -0.05) is 11.6 Å². The summed E-state index contributed by atoms with van der Waals surface area (Å²) in [6, 6.07) is 6.68. The first-order valence-corrected chi connectivity index (χ1v) is 5.26. The first kappa shape index (κ1) is 11.7. The number of nitrogens with zero attached hydrogens (tertiary/aromatic N) is 1. The summed E-state index contributed by atoms with van der Waals surface area (Å²) in [7, 11) is 2.83. The first-order chi connectivity index (χ1) is 8.17. The molecule has 4 nitrogen and oxygen atoms in total. The van der Waals surface area contributed by atoms with Crippen LogP contribution in [0, 0.1) is 0 Å². The summed E-state index contributed by atoms with van der Waals surface area (Å²) >= 11 is 6.04. The van der Waals surface area contributed by atoms with Gasteiger partial charge in [-0.15, -0.1) is 0 Å². The molecule has 1 aromatic carbocycles. The van der Waals surface area contributed by atoms with Gasteiger partial charge in [-0.25, -0.2) is 9.78 Å². The number of benzene rings is 1. The van der Waals surface area contributed by atoms with E-state index in [9.17, 15) is 4.79 Å². The van der Waals surface area contributed by atoms with Crippen molar-refractivity contribution in [2.24, 2.45) is 0 Å². The number of hydrogen-bond acceptors (Lipinski definition) is 4. The van der Waals surface area contributed by atoms with Crippen LogP contribution in [-0.2, 0) is 4.74 Å². The Morgan fingerprint density at radius 2 is 2.00 bits per heavy atom. The Balaban J connectivity index is 2.76. The second-order valence-electron chi connectivity index (χ2n) is 3.34. The van der Waals surface area contributed by atoms with Gasteiger partial charge in [0.1, 0.15) is 0 Å². The molecule has 0 aliphatic carbocycles. The molecule has 0 saturated heterocycles. The Morgan fingerprint density at radius 1 is 1.24 bits per heavy atom. The van der Waals surface area contributed by atoms with Crippen LogP contribution < -0.4 is 4.74 Å².